The van der Waals surface area contributed by atoms with Crippen LogP contribution in [0.4, 0.5) is 0 Å². The SMILES string of the molecule is CCC(CC)C(N)c1ccncc1. The molecule has 0 saturated heterocycles. The predicted octanol–water partition coefficient (Wildman–Crippen LogP) is 2.52. The number of pyridine rings is 1. The lowest BCUT2D eigenvalue weighted by molar-refractivity contribution is 0.405. The molecule has 2 N–H and O–H groups in total. The van der Waals surface area contributed by atoms with Crippen LogP contribution in [0.5, 0.6) is 0 Å². The predicted molar refractivity (Wildman–Crippen MR) is 55.2 cm³/mol. The zero-order chi connectivity index (χ0) is 9.68. The zero-order valence-electron chi connectivity index (χ0n) is 8.40. The maximum atomic E-state index is 6.13. The zero-order valence-corrected chi connectivity index (χ0v) is 8.40. The highest BCUT2D eigenvalue weighted by molar-refractivity contribution is 5.15. The third-order valence-electron chi connectivity index (χ3n) is 2.65. The minimum atomic E-state index is 0.165. The first kappa shape index (κ1) is 10.2. The summed E-state index contributed by atoms with van der Waals surface area (Å²) in [6.45, 7) is 4.38. The number of nitrogens with two attached hydrogens (primary N) is 1. The molecule has 0 bridgehead atoms. The summed E-state index contributed by atoms with van der Waals surface area (Å²) in [5.41, 5.74) is 7.33. The van der Waals surface area contributed by atoms with Crippen LogP contribution in [0.2, 0.25) is 0 Å². The number of hydrogen-bond acceptors (Lipinski definition) is 2. The molecule has 13 heavy (non-hydrogen) atoms. The Labute approximate surface area is 80.2 Å². The van der Waals surface area contributed by atoms with Gasteiger partial charge < -0.3 is 5.73 Å². The normalized spacial score (nSPS) is 13.2. The van der Waals surface area contributed by atoms with E-state index >= 15 is 0 Å². The van der Waals surface area contributed by atoms with Crippen LogP contribution < -0.4 is 5.73 Å². The Hall–Kier alpha value is -0.890. The average Bonchev–Trinajstić information content (AvgIpc) is 2.21. The molecule has 0 aliphatic heterocycles. The van der Waals surface area contributed by atoms with E-state index in [1.165, 1.54) is 5.56 Å². The van der Waals surface area contributed by atoms with E-state index in [2.05, 4.69) is 18.8 Å². The van der Waals surface area contributed by atoms with E-state index < -0.39 is 0 Å². The van der Waals surface area contributed by atoms with Crippen molar-refractivity contribution in [2.45, 2.75) is 32.7 Å². The molecular formula is C11H18N2. The van der Waals surface area contributed by atoms with Gasteiger partial charge in [0.25, 0.3) is 0 Å². The minimum absolute atomic E-state index is 0.165. The number of hydrogen-bond donors (Lipinski definition) is 1. The molecule has 0 amide bonds. The van der Waals surface area contributed by atoms with Crippen LogP contribution >= 0.6 is 0 Å². The average molecular weight is 178 g/mol. The van der Waals surface area contributed by atoms with Crippen molar-refractivity contribution in [2.75, 3.05) is 0 Å². The molecule has 1 aromatic heterocycles. The van der Waals surface area contributed by atoms with Crippen molar-refractivity contribution in [1.82, 2.24) is 4.98 Å². The van der Waals surface area contributed by atoms with Crippen LogP contribution in [0.3, 0.4) is 0 Å². The summed E-state index contributed by atoms with van der Waals surface area (Å²) in [7, 11) is 0. The van der Waals surface area contributed by atoms with Gasteiger partial charge in [0.1, 0.15) is 0 Å². The smallest absolute Gasteiger partial charge is 0.0324 e. The third kappa shape index (κ3) is 2.52. The third-order valence-corrected chi connectivity index (χ3v) is 2.65. The van der Waals surface area contributed by atoms with E-state index in [1.54, 1.807) is 12.4 Å². The fourth-order valence-electron chi connectivity index (χ4n) is 1.65. The molecule has 2 nitrogen and oxygen atoms in total. The summed E-state index contributed by atoms with van der Waals surface area (Å²) >= 11 is 0. The summed E-state index contributed by atoms with van der Waals surface area (Å²) in [5, 5.41) is 0. The maximum absolute atomic E-state index is 6.13. The molecule has 0 aliphatic rings. The van der Waals surface area contributed by atoms with Gasteiger partial charge in [-0.15, -0.1) is 0 Å². The molecule has 72 valence electrons. The topological polar surface area (TPSA) is 38.9 Å². The Morgan fingerprint density at radius 3 is 2.23 bits per heavy atom. The first-order valence-corrected chi connectivity index (χ1v) is 4.95. The molecule has 1 unspecified atom stereocenters. The van der Waals surface area contributed by atoms with Crippen LogP contribution in [0.25, 0.3) is 0 Å². The van der Waals surface area contributed by atoms with Gasteiger partial charge in [0.15, 0.2) is 0 Å². The molecule has 0 fully saturated rings. The first-order chi connectivity index (χ1) is 6.29. The van der Waals surface area contributed by atoms with Gasteiger partial charge in [-0.3, -0.25) is 4.98 Å². The highest BCUT2D eigenvalue weighted by Gasteiger charge is 2.15. The number of rotatable bonds is 4. The summed E-state index contributed by atoms with van der Waals surface area (Å²) in [6, 6.07) is 4.17. The molecule has 0 saturated carbocycles. The number of nitrogens with zero attached hydrogens (tertiary/aromatic N) is 1. The fourth-order valence-corrected chi connectivity index (χ4v) is 1.65. The van der Waals surface area contributed by atoms with E-state index in [0.29, 0.717) is 5.92 Å². The van der Waals surface area contributed by atoms with Crippen molar-refractivity contribution in [1.29, 1.82) is 0 Å². The number of aromatic nitrogens is 1. The van der Waals surface area contributed by atoms with Crippen LogP contribution in [0.1, 0.15) is 38.3 Å². The van der Waals surface area contributed by atoms with Crippen molar-refractivity contribution in [3.63, 3.8) is 0 Å². The molecule has 0 aliphatic carbocycles. The minimum Gasteiger partial charge on any atom is -0.324 e. The van der Waals surface area contributed by atoms with Gasteiger partial charge in [0, 0.05) is 18.4 Å². The van der Waals surface area contributed by atoms with E-state index in [9.17, 15) is 0 Å². The van der Waals surface area contributed by atoms with Crippen molar-refractivity contribution >= 4 is 0 Å². The molecule has 0 spiro atoms. The second kappa shape index (κ2) is 4.97. The van der Waals surface area contributed by atoms with Gasteiger partial charge in [0.05, 0.1) is 0 Å². The maximum Gasteiger partial charge on any atom is 0.0324 e. The summed E-state index contributed by atoms with van der Waals surface area (Å²) in [6.07, 6.45) is 5.88. The first-order valence-electron chi connectivity index (χ1n) is 4.95. The molecule has 1 heterocycles. The lowest BCUT2D eigenvalue weighted by Gasteiger charge is -2.21. The molecule has 1 aromatic rings. The van der Waals surface area contributed by atoms with Gasteiger partial charge in [-0.2, -0.15) is 0 Å². The second-order valence-corrected chi connectivity index (χ2v) is 3.38. The summed E-state index contributed by atoms with van der Waals surface area (Å²) in [4.78, 5) is 3.98. The van der Waals surface area contributed by atoms with Gasteiger partial charge in [-0.1, -0.05) is 26.7 Å². The Kier molecular flexibility index (Phi) is 3.90. The summed E-state index contributed by atoms with van der Waals surface area (Å²) < 4.78 is 0. The molecule has 1 atom stereocenters. The van der Waals surface area contributed by atoms with Crippen molar-refractivity contribution < 1.29 is 0 Å². The molecule has 0 aromatic carbocycles. The largest absolute Gasteiger partial charge is 0.324 e. The fraction of sp³-hybridized carbons (Fsp3) is 0.545. The highest BCUT2D eigenvalue weighted by Crippen LogP contribution is 2.23. The van der Waals surface area contributed by atoms with Crippen molar-refractivity contribution in [3.05, 3.63) is 30.1 Å². The molecule has 0 radical (unpaired) electrons. The summed E-state index contributed by atoms with van der Waals surface area (Å²) in [5.74, 6) is 0.586. The molecule has 1 rings (SSSR count). The quantitative estimate of drug-likeness (QED) is 0.769. The van der Waals surface area contributed by atoms with Gasteiger partial charge in [0.2, 0.25) is 0 Å². The lowest BCUT2D eigenvalue weighted by atomic mass is 9.90. The van der Waals surface area contributed by atoms with Crippen LogP contribution in [0.15, 0.2) is 24.5 Å². The Morgan fingerprint density at radius 1 is 1.23 bits per heavy atom. The van der Waals surface area contributed by atoms with E-state index in [-0.39, 0.29) is 6.04 Å². The van der Waals surface area contributed by atoms with E-state index in [1.807, 2.05) is 12.1 Å². The van der Waals surface area contributed by atoms with Crippen LogP contribution in [-0.4, -0.2) is 4.98 Å². The van der Waals surface area contributed by atoms with E-state index in [4.69, 9.17) is 5.73 Å². The molecule has 2 heteroatoms. The molecular weight excluding hydrogens is 160 g/mol. The Bertz CT molecular complexity index is 229. The lowest BCUT2D eigenvalue weighted by Crippen LogP contribution is -2.20. The van der Waals surface area contributed by atoms with Gasteiger partial charge >= 0.3 is 0 Å². The second-order valence-electron chi connectivity index (χ2n) is 3.38. The highest BCUT2D eigenvalue weighted by atomic mass is 14.7. The van der Waals surface area contributed by atoms with Gasteiger partial charge in [-0.25, -0.2) is 0 Å². The van der Waals surface area contributed by atoms with E-state index in [0.717, 1.165) is 12.8 Å². The monoisotopic (exact) mass is 178 g/mol. The Balaban J connectivity index is 2.72. The van der Waals surface area contributed by atoms with Crippen molar-refractivity contribution in [3.8, 4) is 0 Å². The van der Waals surface area contributed by atoms with Crippen LogP contribution in [0, 0.1) is 5.92 Å². The van der Waals surface area contributed by atoms with Crippen molar-refractivity contribution in [2.24, 2.45) is 11.7 Å². The Morgan fingerprint density at radius 2 is 1.77 bits per heavy atom. The van der Waals surface area contributed by atoms with Gasteiger partial charge in [-0.05, 0) is 23.6 Å². The standard InChI is InChI=1S/C11H18N2/c1-3-9(4-2)11(12)10-5-7-13-8-6-10/h5-9,11H,3-4,12H2,1-2H3. The van der Waals surface area contributed by atoms with Crippen LogP contribution in [-0.2, 0) is 0 Å².